The van der Waals surface area contributed by atoms with Crippen LogP contribution >= 0.6 is 0 Å². The van der Waals surface area contributed by atoms with Crippen LogP contribution in [-0.4, -0.2) is 18.9 Å². The number of carbonyl (C=O) groups excluding carboxylic acids is 3. The van der Waals surface area contributed by atoms with Crippen LogP contribution < -0.4 is 0 Å². The van der Waals surface area contributed by atoms with Gasteiger partial charge in [-0.2, -0.15) is 0 Å². The predicted molar refractivity (Wildman–Crippen MR) is 30.6 cm³/mol. The number of hydrogen-bond donors (Lipinski definition) is 0. The molecule has 0 aliphatic rings. The van der Waals surface area contributed by atoms with E-state index >= 15 is 0 Å². The van der Waals surface area contributed by atoms with Crippen LogP contribution in [0, 0.1) is 0 Å². The second-order valence-electron chi connectivity index (χ2n) is 0.847. The van der Waals surface area contributed by atoms with Gasteiger partial charge in [-0.3, -0.25) is 9.59 Å². The van der Waals surface area contributed by atoms with Gasteiger partial charge in [0, 0.05) is 7.85 Å². The molecule has 0 saturated carbocycles. The van der Waals surface area contributed by atoms with Crippen LogP contribution in [-0.2, 0) is 14.4 Å². The third kappa shape index (κ3) is 79.0. The average molecular weight is 118 g/mol. The Hall–Kier alpha value is -0.990. The van der Waals surface area contributed by atoms with Crippen molar-refractivity contribution < 1.29 is 15.8 Å². The normalized spacial score (nSPS) is 5.62. The molecule has 0 fully saturated rings. The highest BCUT2D eigenvalue weighted by Crippen LogP contribution is 1.53. The van der Waals surface area contributed by atoms with Crippen molar-refractivity contribution in [1.29, 1.82) is 0 Å². The van der Waals surface area contributed by atoms with Gasteiger partial charge in [-0.05, 0) is 0 Å². The van der Waals surface area contributed by atoms with Crippen LogP contribution in [0.4, 0.5) is 0 Å². The lowest BCUT2D eigenvalue weighted by Crippen LogP contribution is -1.62. The zero-order chi connectivity index (χ0) is 6.83. The van der Waals surface area contributed by atoms with E-state index in [4.69, 9.17) is 9.59 Å². The third-order valence-electron chi connectivity index (χ3n) is 0.222. The van der Waals surface area contributed by atoms with Crippen molar-refractivity contribution in [2.45, 2.75) is 13.3 Å². The maximum Gasteiger partial charge on any atom is 0.182 e. The van der Waals surface area contributed by atoms with Crippen LogP contribution in [0.3, 0.4) is 0 Å². The third-order valence-corrected chi connectivity index (χ3v) is 0.222. The van der Waals surface area contributed by atoms with Crippen molar-refractivity contribution in [3.05, 3.63) is 0 Å². The molecule has 48 valence electrons. The molecule has 0 bridgehead atoms. The Morgan fingerprint density at radius 1 is 1.25 bits per heavy atom. The van der Waals surface area contributed by atoms with Gasteiger partial charge in [-0.1, -0.05) is 6.92 Å². The van der Waals surface area contributed by atoms with Crippen molar-refractivity contribution in [2.24, 2.45) is 0 Å². The van der Waals surface area contributed by atoms with Crippen LogP contribution in [0.15, 0.2) is 0 Å². The molecular formula is C5H10O3. The van der Waals surface area contributed by atoms with Gasteiger partial charge in [-0.15, -0.1) is 0 Å². The molecule has 0 rings (SSSR count). The maximum atomic E-state index is 9.17. The standard InChI is InChI=1S/C3H6O.C2H2O2.H2/c1-2-3-4;3-1-2-4;/h3H,2H2,1H3;1-2H;1H. The van der Waals surface area contributed by atoms with Gasteiger partial charge in [0.1, 0.15) is 6.29 Å². The Kier molecular flexibility index (Phi) is 21.0. The molecule has 0 aromatic rings. The molecule has 0 aliphatic heterocycles. The molecule has 0 amide bonds. The van der Waals surface area contributed by atoms with Crippen molar-refractivity contribution in [1.82, 2.24) is 0 Å². The summed E-state index contributed by atoms with van der Waals surface area (Å²) in [5.41, 5.74) is 0. The van der Waals surface area contributed by atoms with E-state index in [-0.39, 0.29) is 14.0 Å². The van der Waals surface area contributed by atoms with Crippen LogP contribution in [0.1, 0.15) is 14.8 Å². The summed E-state index contributed by atoms with van der Waals surface area (Å²) in [6.45, 7) is 1.81. The van der Waals surface area contributed by atoms with Crippen LogP contribution in [0.25, 0.3) is 0 Å². The summed E-state index contributed by atoms with van der Waals surface area (Å²) in [6, 6.07) is 0. The van der Waals surface area contributed by atoms with E-state index in [9.17, 15) is 4.79 Å². The molecule has 0 radical (unpaired) electrons. The quantitative estimate of drug-likeness (QED) is 0.385. The van der Waals surface area contributed by atoms with E-state index in [1.807, 2.05) is 6.92 Å². The van der Waals surface area contributed by atoms with Gasteiger partial charge in [-0.25, -0.2) is 0 Å². The van der Waals surface area contributed by atoms with E-state index < -0.39 is 0 Å². The minimum Gasteiger partial charge on any atom is -0.303 e. The Labute approximate surface area is 49.2 Å². The number of rotatable bonds is 2. The molecule has 3 heteroatoms. The van der Waals surface area contributed by atoms with Gasteiger partial charge < -0.3 is 4.79 Å². The molecule has 0 spiro atoms. The summed E-state index contributed by atoms with van der Waals surface area (Å²) in [5.74, 6) is 0. The first-order chi connectivity index (χ1) is 3.83. The number of carbonyl (C=O) groups is 3. The summed E-state index contributed by atoms with van der Waals surface area (Å²) >= 11 is 0. The Balaban J connectivity index is -0.0000000720. The molecule has 0 unspecified atom stereocenters. The Morgan fingerprint density at radius 2 is 1.50 bits per heavy atom. The molecule has 0 aromatic carbocycles. The fourth-order valence-electron chi connectivity index (χ4n) is 0. The molecule has 3 nitrogen and oxygen atoms in total. The van der Waals surface area contributed by atoms with Crippen molar-refractivity contribution in [3.63, 3.8) is 0 Å². The minimum absolute atomic E-state index is 0. The zero-order valence-electron chi connectivity index (χ0n) is 4.66. The van der Waals surface area contributed by atoms with Gasteiger partial charge >= 0.3 is 0 Å². The Morgan fingerprint density at radius 3 is 1.50 bits per heavy atom. The second kappa shape index (κ2) is 16.7. The first-order valence-corrected chi connectivity index (χ1v) is 2.16. The molecule has 0 N–H and O–H groups in total. The number of aldehydes is 3. The molecule has 0 saturated heterocycles. The molecule has 0 atom stereocenters. The van der Waals surface area contributed by atoms with Crippen molar-refractivity contribution >= 4 is 18.9 Å². The van der Waals surface area contributed by atoms with Gasteiger partial charge in [0.05, 0.1) is 0 Å². The fraction of sp³-hybridized carbons (Fsp3) is 0.400. The monoisotopic (exact) mass is 118 g/mol. The van der Waals surface area contributed by atoms with E-state index in [0.717, 1.165) is 6.29 Å². The molecule has 0 aromatic heterocycles. The van der Waals surface area contributed by atoms with E-state index in [2.05, 4.69) is 0 Å². The second-order valence-corrected chi connectivity index (χ2v) is 0.847. The van der Waals surface area contributed by atoms with Gasteiger partial charge in [0.2, 0.25) is 0 Å². The smallest absolute Gasteiger partial charge is 0.182 e. The molecular weight excluding hydrogens is 108 g/mol. The topological polar surface area (TPSA) is 51.2 Å². The zero-order valence-corrected chi connectivity index (χ0v) is 4.66. The van der Waals surface area contributed by atoms with E-state index in [1.165, 1.54) is 0 Å². The first kappa shape index (κ1) is 10.1. The molecule has 0 aliphatic carbocycles. The first-order valence-electron chi connectivity index (χ1n) is 2.16. The fourth-order valence-corrected chi connectivity index (χ4v) is 0. The number of hydrogen-bond acceptors (Lipinski definition) is 3. The van der Waals surface area contributed by atoms with Crippen LogP contribution in [0.2, 0.25) is 0 Å². The minimum atomic E-state index is 0. The largest absolute Gasteiger partial charge is 0.303 e. The van der Waals surface area contributed by atoms with E-state index in [1.54, 1.807) is 0 Å². The highest BCUT2D eigenvalue weighted by Gasteiger charge is 1.52. The lowest BCUT2D eigenvalue weighted by molar-refractivity contribution is -0.122. The van der Waals surface area contributed by atoms with Crippen molar-refractivity contribution in [2.75, 3.05) is 0 Å². The van der Waals surface area contributed by atoms with Gasteiger partial charge in [0.15, 0.2) is 12.6 Å². The van der Waals surface area contributed by atoms with Gasteiger partial charge in [0.25, 0.3) is 0 Å². The maximum absolute atomic E-state index is 9.17. The Bertz CT molecular complexity index is 66.6. The summed E-state index contributed by atoms with van der Waals surface area (Å²) in [5, 5.41) is 0. The lowest BCUT2D eigenvalue weighted by atomic mass is 10.6. The SMILES string of the molecule is CCC=O.O=CC=O.[HH]. The summed E-state index contributed by atoms with van der Waals surface area (Å²) < 4.78 is 0. The summed E-state index contributed by atoms with van der Waals surface area (Å²) in [4.78, 5) is 26.8. The average Bonchev–Trinajstić information content (AvgIpc) is 1.88. The van der Waals surface area contributed by atoms with Crippen molar-refractivity contribution in [3.8, 4) is 0 Å². The molecule has 8 heavy (non-hydrogen) atoms. The lowest BCUT2D eigenvalue weighted by Gasteiger charge is -1.51. The predicted octanol–water partition coefficient (Wildman–Crippen LogP) is 0.226. The highest BCUT2D eigenvalue weighted by atomic mass is 16.2. The summed E-state index contributed by atoms with van der Waals surface area (Å²) in [7, 11) is 0. The van der Waals surface area contributed by atoms with Crippen LogP contribution in [0.5, 0.6) is 0 Å². The molecule has 0 heterocycles. The summed E-state index contributed by atoms with van der Waals surface area (Å²) in [6.07, 6.45) is 1.90. The van der Waals surface area contributed by atoms with E-state index in [0.29, 0.717) is 6.42 Å². The highest BCUT2D eigenvalue weighted by molar-refractivity contribution is 6.09.